The molecular weight excluding hydrogens is 370 g/mol. The van der Waals surface area contributed by atoms with Gasteiger partial charge in [0.2, 0.25) is 0 Å². The van der Waals surface area contributed by atoms with Crippen molar-refractivity contribution in [3.63, 3.8) is 0 Å². The summed E-state index contributed by atoms with van der Waals surface area (Å²) in [6, 6.07) is -0.544. The van der Waals surface area contributed by atoms with Crippen molar-refractivity contribution in [3.05, 3.63) is 0 Å². The summed E-state index contributed by atoms with van der Waals surface area (Å²) in [6.45, 7) is 3.75. The molecule has 0 aromatic carbocycles. The van der Waals surface area contributed by atoms with Gasteiger partial charge in [0, 0.05) is 11.3 Å². The molecule has 6 N–H and O–H groups in total. The zero-order valence-electron chi connectivity index (χ0n) is 16.2. The van der Waals surface area contributed by atoms with Gasteiger partial charge in [0.05, 0.1) is 24.1 Å². The van der Waals surface area contributed by atoms with Crippen molar-refractivity contribution in [1.82, 2.24) is 5.32 Å². The summed E-state index contributed by atoms with van der Waals surface area (Å²) in [5, 5.41) is 52.2. The minimum absolute atomic E-state index is 0.0433. The van der Waals surface area contributed by atoms with E-state index < -0.39 is 35.6 Å². The van der Waals surface area contributed by atoms with Crippen LogP contribution in [0.1, 0.15) is 52.4 Å². The second-order valence-electron chi connectivity index (χ2n) is 8.46. The molecule has 0 bridgehead atoms. The van der Waals surface area contributed by atoms with Gasteiger partial charge in [-0.15, -0.1) is 11.8 Å². The van der Waals surface area contributed by atoms with Crippen LogP contribution in [-0.4, -0.2) is 79.0 Å². The SMILES string of the molecule is CC(C)C[C@H](NC1CCCCC([C@@H]2S[C@H](CO)[C@H](O)[C@H](O)[C@H]2O)C1)C(=O)O. The van der Waals surface area contributed by atoms with Gasteiger partial charge >= 0.3 is 5.97 Å². The Balaban J connectivity index is 2.07. The van der Waals surface area contributed by atoms with E-state index in [4.69, 9.17) is 0 Å². The van der Waals surface area contributed by atoms with E-state index in [-0.39, 0.29) is 29.7 Å². The van der Waals surface area contributed by atoms with Gasteiger partial charge in [-0.3, -0.25) is 4.79 Å². The van der Waals surface area contributed by atoms with Crippen molar-refractivity contribution in [3.8, 4) is 0 Å². The molecule has 0 spiro atoms. The Kier molecular flexibility index (Phi) is 8.83. The average Bonchev–Trinajstić information content (AvgIpc) is 2.84. The summed E-state index contributed by atoms with van der Waals surface area (Å²) in [5.41, 5.74) is 0. The molecule has 0 amide bonds. The van der Waals surface area contributed by atoms with E-state index in [1.54, 1.807) is 0 Å². The van der Waals surface area contributed by atoms with E-state index in [9.17, 15) is 30.3 Å². The van der Waals surface area contributed by atoms with E-state index in [1.165, 1.54) is 11.8 Å². The molecule has 2 rings (SSSR count). The lowest BCUT2D eigenvalue weighted by atomic mass is 9.87. The van der Waals surface area contributed by atoms with Gasteiger partial charge in [0.25, 0.3) is 0 Å². The molecule has 0 radical (unpaired) electrons. The largest absolute Gasteiger partial charge is 0.480 e. The number of aliphatic hydroxyl groups is 4. The minimum atomic E-state index is -1.27. The first kappa shape index (κ1) is 22.9. The van der Waals surface area contributed by atoms with Crippen LogP contribution in [-0.2, 0) is 4.79 Å². The average molecular weight is 406 g/mol. The highest BCUT2D eigenvalue weighted by Crippen LogP contribution is 2.41. The topological polar surface area (TPSA) is 130 Å². The number of hydrogen-bond donors (Lipinski definition) is 6. The third-order valence-electron chi connectivity index (χ3n) is 5.80. The highest BCUT2D eigenvalue weighted by molar-refractivity contribution is 8.00. The Hall–Kier alpha value is -0.380. The Morgan fingerprint density at radius 2 is 1.78 bits per heavy atom. The lowest BCUT2D eigenvalue weighted by molar-refractivity contribution is -0.140. The van der Waals surface area contributed by atoms with Crippen molar-refractivity contribution in [2.45, 2.75) is 93.3 Å². The van der Waals surface area contributed by atoms with Crippen LogP contribution >= 0.6 is 11.8 Å². The zero-order valence-corrected chi connectivity index (χ0v) is 17.0. The first-order valence-electron chi connectivity index (χ1n) is 10.0. The summed E-state index contributed by atoms with van der Waals surface area (Å²) in [5.74, 6) is -0.469. The molecule has 0 aromatic heterocycles. The van der Waals surface area contributed by atoms with E-state index in [0.29, 0.717) is 6.42 Å². The van der Waals surface area contributed by atoms with Crippen molar-refractivity contribution < 1.29 is 30.3 Å². The standard InChI is InChI=1S/C19H35NO6S/c1-10(2)7-13(19(25)26)20-12-6-4-3-5-11(8-12)18-17(24)16(23)15(22)14(9-21)27-18/h10-18,20-24H,3-9H2,1-2H3,(H,25,26)/t11?,12?,13-,14+,15-,16-,17+,18-/m0/s1. The fourth-order valence-corrected chi connectivity index (χ4v) is 5.97. The molecule has 1 heterocycles. The maximum atomic E-state index is 11.6. The van der Waals surface area contributed by atoms with Gasteiger partial charge in [0.1, 0.15) is 12.1 Å². The maximum Gasteiger partial charge on any atom is 0.320 e. The normalized spacial score (nSPS) is 39.1. The van der Waals surface area contributed by atoms with Gasteiger partial charge < -0.3 is 30.8 Å². The second kappa shape index (κ2) is 10.4. The summed E-state index contributed by atoms with van der Waals surface area (Å²) in [6.07, 6.45) is 1.57. The molecule has 7 nitrogen and oxygen atoms in total. The second-order valence-corrected chi connectivity index (χ2v) is 9.88. The lowest BCUT2D eigenvalue weighted by Gasteiger charge is -2.43. The Morgan fingerprint density at radius 3 is 2.37 bits per heavy atom. The highest BCUT2D eigenvalue weighted by atomic mass is 32.2. The summed E-state index contributed by atoms with van der Waals surface area (Å²) in [4.78, 5) is 11.6. The zero-order chi connectivity index (χ0) is 20.1. The molecule has 1 aliphatic heterocycles. The van der Waals surface area contributed by atoms with Crippen molar-refractivity contribution in [2.75, 3.05) is 6.61 Å². The van der Waals surface area contributed by atoms with Crippen molar-refractivity contribution >= 4 is 17.7 Å². The summed E-state index contributed by atoms with van der Waals surface area (Å²) < 4.78 is 0. The molecule has 1 saturated heterocycles. The molecular formula is C19H35NO6S. The quantitative estimate of drug-likeness (QED) is 0.339. The molecule has 1 aliphatic carbocycles. The summed E-state index contributed by atoms with van der Waals surface area (Å²) >= 11 is 1.35. The van der Waals surface area contributed by atoms with Crippen LogP contribution in [0.4, 0.5) is 0 Å². The number of aliphatic carboxylic acids is 1. The Bertz CT molecular complexity index is 477. The fraction of sp³-hybridized carbons (Fsp3) is 0.947. The molecule has 2 aliphatic rings. The van der Waals surface area contributed by atoms with Crippen LogP contribution in [0.3, 0.4) is 0 Å². The molecule has 158 valence electrons. The van der Waals surface area contributed by atoms with Crippen LogP contribution in [0, 0.1) is 11.8 Å². The van der Waals surface area contributed by atoms with Crippen molar-refractivity contribution in [2.24, 2.45) is 11.8 Å². The van der Waals surface area contributed by atoms with Gasteiger partial charge in [-0.25, -0.2) is 0 Å². The monoisotopic (exact) mass is 405 g/mol. The van der Waals surface area contributed by atoms with Gasteiger partial charge in [-0.2, -0.15) is 0 Å². The molecule has 1 saturated carbocycles. The summed E-state index contributed by atoms with van der Waals surface area (Å²) in [7, 11) is 0. The van der Waals surface area contributed by atoms with Crippen LogP contribution < -0.4 is 5.32 Å². The van der Waals surface area contributed by atoms with E-state index in [1.807, 2.05) is 13.8 Å². The molecule has 2 unspecified atom stereocenters. The molecule has 0 aromatic rings. The van der Waals surface area contributed by atoms with Gasteiger partial charge in [-0.1, -0.05) is 26.7 Å². The number of carboxylic acid groups (broad SMARTS) is 1. The minimum Gasteiger partial charge on any atom is -0.480 e. The lowest BCUT2D eigenvalue weighted by Crippen LogP contribution is -2.56. The molecule has 2 fully saturated rings. The molecule has 27 heavy (non-hydrogen) atoms. The predicted molar refractivity (Wildman–Crippen MR) is 105 cm³/mol. The fourth-order valence-electron chi connectivity index (χ4n) is 4.36. The number of nitrogens with one attached hydrogen (secondary N) is 1. The first-order valence-corrected chi connectivity index (χ1v) is 11.0. The smallest absolute Gasteiger partial charge is 0.320 e. The number of hydrogen-bond acceptors (Lipinski definition) is 7. The Morgan fingerprint density at radius 1 is 1.11 bits per heavy atom. The Labute approximate surface area is 165 Å². The first-order chi connectivity index (χ1) is 12.7. The van der Waals surface area contributed by atoms with E-state index in [0.717, 1.165) is 32.1 Å². The number of thioether (sulfide) groups is 1. The van der Waals surface area contributed by atoms with E-state index >= 15 is 0 Å². The molecule has 8 atom stereocenters. The number of aliphatic hydroxyl groups excluding tert-OH is 4. The number of carbonyl (C=O) groups is 1. The van der Waals surface area contributed by atoms with Gasteiger partial charge in [0.15, 0.2) is 0 Å². The maximum absolute atomic E-state index is 11.6. The number of rotatable bonds is 7. The predicted octanol–water partition coefficient (Wildman–Crippen LogP) is 0.583. The van der Waals surface area contributed by atoms with Crippen LogP contribution in [0.5, 0.6) is 0 Å². The third-order valence-corrected chi connectivity index (χ3v) is 7.56. The number of carboxylic acids is 1. The third kappa shape index (κ3) is 6.05. The highest BCUT2D eigenvalue weighted by Gasteiger charge is 2.46. The van der Waals surface area contributed by atoms with Crippen LogP contribution in [0.2, 0.25) is 0 Å². The van der Waals surface area contributed by atoms with Crippen LogP contribution in [0.15, 0.2) is 0 Å². The van der Waals surface area contributed by atoms with Crippen molar-refractivity contribution in [1.29, 1.82) is 0 Å². The van der Waals surface area contributed by atoms with Gasteiger partial charge in [-0.05, 0) is 37.5 Å². The van der Waals surface area contributed by atoms with Crippen LogP contribution in [0.25, 0.3) is 0 Å². The molecule has 8 heteroatoms. The van der Waals surface area contributed by atoms with E-state index in [2.05, 4.69) is 5.32 Å².